The zero-order valence-corrected chi connectivity index (χ0v) is 6.25. The molecule has 0 saturated carbocycles. The number of quaternary nitrogens is 1. The van der Waals surface area contributed by atoms with Crippen LogP contribution < -0.4 is 5.32 Å². The summed E-state index contributed by atoms with van der Waals surface area (Å²) in [6, 6.07) is 0.758. The van der Waals surface area contributed by atoms with Crippen molar-refractivity contribution in [3.05, 3.63) is 0 Å². The van der Waals surface area contributed by atoms with Gasteiger partial charge in [-0.3, -0.25) is 4.90 Å². The van der Waals surface area contributed by atoms with Crippen molar-refractivity contribution >= 4 is 0 Å². The van der Waals surface area contributed by atoms with Crippen molar-refractivity contribution < 1.29 is 10.1 Å². The third-order valence-corrected chi connectivity index (χ3v) is 2.38. The van der Waals surface area contributed by atoms with E-state index in [2.05, 4.69) is 10.2 Å². The Hall–Kier alpha value is -0.120. The van der Waals surface area contributed by atoms with Gasteiger partial charge in [0.2, 0.25) is 0 Å². The summed E-state index contributed by atoms with van der Waals surface area (Å²) >= 11 is 0. The van der Waals surface area contributed by atoms with Crippen LogP contribution in [-0.4, -0.2) is 50.3 Å². The van der Waals surface area contributed by atoms with Crippen LogP contribution in [-0.2, 0) is 4.74 Å². The topological polar surface area (TPSA) is 29.1 Å². The van der Waals surface area contributed by atoms with Gasteiger partial charge in [-0.25, -0.2) is 0 Å². The highest BCUT2D eigenvalue weighted by atomic mass is 16.5. The molecule has 0 aromatic carbocycles. The predicted octanol–water partition coefficient (Wildman–Crippen LogP) is -1.74. The molecule has 2 aliphatic heterocycles. The monoisotopic (exact) mass is 143 g/mol. The normalized spacial score (nSPS) is 30.0. The largest absolute Gasteiger partial charge is 0.378 e. The highest BCUT2D eigenvalue weighted by molar-refractivity contribution is 4.77. The number of rotatable bonds is 1. The fourth-order valence-corrected chi connectivity index (χ4v) is 1.57. The van der Waals surface area contributed by atoms with Gasteiger partial charge in [-0.05, 0) is 0 Å². The second-order valence-corrected chi connectivity index (χ2v) is 3.09. The lowest BCUT2D eigenvalue weighted by atomic mass is 10.2. The molecule has 0 amide bonds. The summed E-state index contributed by atoms with van der Waals surface area (Å²) in [4.78, 5) is 2.55. The molecule has 10 heavy (non-hydrogen) atoms. The lowest BCUT2D eigenvalue weighted by molar-refractivity contribution is -0.664. The molecule has 3 heteroatoms. The van der Waals surface area contributed by atoms with Crippen molar-refractivity contribution in [3.8, 4) is 0 Å². The second-order valence-electron chi connectivity index (χ2n) is 3.09. The average molecular weight is 143 g/mol. The van der Waals surface area contributed by atoms with Gasteiger partial charge in [-0.1, -0.05) is 0 Å². The summed E-state index contributed by atoms with van der Waals surface area (Å²) in [6.07, 6.45) is 0. The number of ether oxygens (including phenoxy) is 1. The van der Waals surface area contributed by atoms with Crippen LogP contribution in [0.4, 0.5) is 0 Å². The van der Waals surface area contributed by atoms with Crippen LogP contribution in [0.3, 0.4) is 0 Å². The fraction of sp³-hybridized carbons (Fsp3) is 1.00. The highest BCUT2D eigenvalue weighted by Crippen LogP contribution is 2.09. The van der Waals surface area contributed by atoms with Crippen molar-refractivity contribution in [1.29, 1.82) is 0 Å². The third-order valence-electron chi connectivity index (χ3n) is 2.38. The van der Waals surface area contributed by atoms with E-state index in [-0.39, 0.29) is 0 Å². The van der Waals surface area contributed by atoms with E-state index in [1.54, 1.807) is 0 Å². The van der Waals surface area contributed by atoms with Gasteiger partial charge in [0.1, 0.15) is 0 Å². The highest BCUT2D eigenvalue weighted by Gasteiger charge is 2.27. The molecule has 2 N–H and O–H groups in total. The van der Waals surface area contributed by atoms with Crippen LogP contribution in [0.15, 0.2) is 0 Å². The Morgan fingerprint density at radius 2 is 1.90 bits per heavy atom. The fourth-order valence-electron chi connectivity index (χ4n) is 1.57. The van der Waals surface area contributed by atoms with Crippen LogP contribution in [0.1, 0.15) is 0 Å². The smallest absolute Gasteiger partial charge is 0.0885 e. The molecule has 0 unspecified atom stereocenters. The van der Waals surface area contributed by atoms with Crippen molar-refractivity contribution in [3.63, 3.8) is 0 Å². The summed E-state index contributed by atoms with van der Waals surface area (Å²) in [5.41, 5.74) is 0. The molecular formula is C7H15N2O+. The van der Waals surface area contributed by atoms with Gasteiger partial charge in [-0.15, -0.1) is 0 Å². The minimum absolute atomic E-state index is 0.758. The summed E-state index contributed by atoms with van der Waals surface area (Å²) < 4.78 is 5.14. The van der Waals surface area contributed by atoms with Crippen LogP contribution in [0, 0.1) is 0 Å². The lowest BCUT2D eigenvalue weighted by Gasteiger charge is -2.38. The van der Waals surface area contributed by atoms with Gasteiger partial charge in [0, 0.05) is 13.1 Å². The first-order valence-corrected chi connectivity index (χ1v) is 4.10. The maximum absolute atomic E-state index is 5.14. The van der Waals surface area contributed by atoms with Crippen LogP contribution >= 0.6 is 0 Å². The Bertz CT molecular complexity index is 108. The van der Waals surface area contributed by atoms with Gasteiger partial charge in [0.15, 0.2) is 0 Å². The number of hydrogen-bond donors (Lipinski definition) is 1. The number of nitrogens with two attached hydrogens (primary N) is 1. The van der Waals surface area contributed by atoms with Gasteiger partial charge >= 0.3 is 0 Å². The second kappa shape index (κ2) is 2.86. The maximum atomic E-state index is 5.14. The van der Waals surface area contributed by atoms with E-state index in [0.717, 1.165) is 19.3 Å². The first-order valence-electron chi connectivity index (χ1n) is 4.10. The lowest BCUT2D eigenvalue weighted by Crippen LogP contribution is -2.90. The predicted molar refractivity (Wildman–Crippen MR) is 37.8 cm³/mol. The SMILES string of the molecule is C1CN(C2COC2)CC[NH2+]1. The van der Waals surface area contributed by atoms with Gasteiger partial charge < -0.3 is 10.1 Å². The maximum Gasteiger partial charge on any atom is 0.0885 e. The standard InChI is InChI=1S/C7H14N2O/c1-3-9(4-2-8-1)7-5-10-6-7/h7-8H,1-6H2/p+1. The van der Waals surface area contributed by atoms with Crippen LogP contribution in [0.25, 0.3) is 0 Å². The molecule has 0 aliphatic carbocycles. The minimum atomic E-state index is 0.758. The molecule has 2 rings (SSSR count). The Labute approximate surface area is 61.3 Å². The van der Waals surface area contributed by atoms with E-state index in [1.807, 2.05) is 0 Å². The van der Waals surface area contributed by atoms with Gasteiger partial charge in [0.05, 0.1) is 32.3 Å². The summed E-state index contributed by atoms with van der Waals surface area (Å²) in [5.74, 6) is 0. The number of piperazine rings is 1. The molecule has 0 bridgehead atoms. The molecule has 0 atom stereocenters. The number of nitrogens with zero attached hydrogens (tertiary/aromatic N) is 1. The average Bonchev–Trinajstić information content (AvgIpc) is 1.86. The van der Waals surface area contributed by atoms with Crippen molar-refractivity contribution in [2.24, 2.45) is 0 Å². The molecule has 3 nitrogen and oxygen atoms in total. The first kappa shape index (κ1) is 6.58. The first-order chi connectivity index (χ1) is 4.97. The summed E-state index contributed by atoms with van der Waals surface area (Å²) in [5, 5.41) is 2.38. The van der Waals surface area contributed by atoms with E-state index in [0.29, 0.717) is 0 Å². The van der Waals surface area contributed by atoms with Gasteiger partial charge in [-0.2, -0.15) is 0 Å². The zero-order chi connectivity index (χ0) is 6.81. The Morgan fingerprint density at radius 1 is 1.20 bits per heavy atom. The van der Waals surface area contributed by atoms with Crippen molar-refractivity contribution in [2.75, 3.05) is 39.4 Å². The van der Waals surface area contributed by atoms with E-state index < -0.39 is 0 Å². The van der Waals surface area contributed by atoms with Gasteiger partial charge in [0.25, 0.3) is 0 Å². The Morgan fingerprint density at radius 3 is 2.40 bits per heavy atom. The van der Waals surface area contributed by atoms with Crippen LogP contribution in [0.5, 0.6) is 0 Å². The van der Waals surface area contributed by atoms with E-state index >= 15 is 0 Å². The third kappa shape index (κ3) is 1.17. The molecule has 2 saturated heterocycles. The van der Waals surface area contributed by atoms with E-state index in [9.17, 15) is 0 Å². The van der Waals surface area contributed by atoms with E-state index in [4.69, 9.17) is 4.74 Å². The quantitative estimate of drug-likeness (QED) is 0.472. The van der Waals surface area contributed by atoms with Crippen molar-refractivity contribution in [2.45, 2.75) is 6.04 Å². The molecule has 0 aromatic heterocycles. The molecule has 58 valence electrons. The number of hydrogen-bond acceptors (Lipinski definition) is 2. The molecule has 0 spiro atoms. The van der Waals surface area contributed by atoms with E-state index in [1.165, 1.54) is 26.2 Å². The Balaban J connectivity index is 1.78. The molecule has 2 heterocycles. The molecule has 0 aromatic rings. The summed E-state index contributed by atoms with van der Waals surface area (Å²) in [6.45, 7) is 7.01. The minimum Gasteiger partial charge on any atom is -0.378 e. The molecule has 2 fully saturated rings. The summed E-state index contributed by atoms with van der Waals surface area (Å²) in [7, 11) is 0. The molecular weight excluding hydrogens is 128 g/mol. The molecule has 0 radical (unpaired) electrons. The van der Waals surface area contributed by atoms with Crippen molar-refractivity contribution in [1.82, 2.24) is 4.90 Å². The Kier molecular flexibility index (Phi) is 1.88. The van der Waals surface area contributed by atoms with Crippen LogP contribution in [0.2, 0.25) is 0 Å². The zero-order valence-electron chi connectivity index (χ0n) is 6.25. The molecule has 2 aliphatic rings.